The largest absolute Gasteiger partial charge is 0.456 e. The third-order valence-corrected chi connectivity index (χ3v) is 8.58. The Bertz CT molecular complexity index is 2600. The summed E-state index contributed by atoms with van der Waals surface area (Å²) in [6.45, 7) is 0. The van der Waals surface area contributed by atoms with E-state index in [1.54, 1.807) is 12.4 Å². The molecule has 10 rings (SSSR count). The van der Waals surface area contributed by atoms with Crippen LogP contribution < -0.4 is 0 Å². The van der Waals surface area contributed by atoms with E-state index < -0.39 is 0 Å². The van der Waals surface area contributed by atoms with Gasteiger partial charge in [0, 0.05) is 49.6 Å². The molecule has 5 aromatic carbocycles. The van der Waals surface area contributed by atoms with Crippen LogP contribution in [0.15, 0.2) is 136 Å². The highest BCUT2D eigenvalue weighted by Crippen LogP contribution is 2.35. The van der Waals surface area contributed by atoms with Gasteiger partial charge in [0.1, 0.15) is 16.7 Å². The van der Waals surface area contributed by atoms with Crippen molar-refractivity contribution in [2.24, 2.45) is 0 Å². The highest BCUT2D eigenvalue weighted by molar-refractivity contribution is 6.09. The van der Waals surface area contributed by atoms with E-state index in [0.717, 1.165) is 76.8 Å². The molecular weight excluding hydrogens is 558 g/mol. The van der Waals surface area contributed by atoms with Crippen molar-refractivity contribution in [3.8, 4) is 28.7 Å². The lowest BCUT2D eigenvalue weighted by molar-refractivity contribution is 0.667. The molecule has 0 radical (unpaired) electrons. The number of rotatable bonds is 3. The zero-order chi connectivity index (χ0) is 29.5. The van der Waals surface area contributed by atoms with Gasteiger partial charge < -0.3 is 8.83 Å². The van der Waals surface area contributed by atoms with Crippen LogP contribution >= 0.6 is 0 Å². The first-order valence-corrected chi connectivity index (χ1v) is 14.7. The fourth-order valence-corrected chi connectivity index (χ4v) is 6.50. The fraction of sp³-hybridized carbons (Fsp3) is 0. The van der Waals surface area contributed by atoms with Gasteiger partial charge in [0.2, 0.25) is 5.95 Å². The van der Waals surface area contributed by atoms with Gasteiger partial charge in [-0.1, -0.05) is 66.7 Å². The lowest BCUT2D eigenvalue weighted by Gasteiger charge is -2.11. The van der Waals surface area contributed by atoms with E-state index >= 15 is 0 Å². The fourth-order valence-electron chi connectivity index (χ4n) is 6.50. The Balaban J connectivity index is 1.24. The van der Waals surface area contributed by atoms with E-state index in [0.29, 0.717) is 17.6 Å². The maximum absolute atomic E-state index is 6.23. The van der Waals surface area contributed by atoms with Crippen molar-refractivity contribution < 1.29 is 8.83 Å². The lowest BCUT2D eigenvalue weighted by Crippen LogP contribution is -2.06. The van der Waals surface area contributed by atoms with Crippen molar-refractivity contribution in [3.63, 3.8) is 0 Å². The minimum atomic E-state index is 0.533. The Kier molecular flexibility index (Phi) is 4.87. The van der Waals surface area contributed by atoms with E-state index in [1.165, 1.54) is 0 Å². The number of furan rings is 2. The molecule has 10 aromatic rings. The molecule has 7 heteroatoms. The predicted octanol–water partition coefficient (Wildman–Crippen LogP) is 9.50. The predicted molar refractivity (Wildman–Crippen MR) is 177 cm³/mol. The van der Waals surface area contributed by atoms with Crippen LogP contribution in [0.1, 0.15) is 0 Å². The molecule has 0 saturated heterocycles. The molecule has 0 bridgehead atoms. The molecule has 0 spiro atoms. The first-order chi connectivity index (χ1) is 22.3. The third-order valence-electron chi connectivity index (χ3n) is 8.58. The van der Waals surface area contributed by atoms with Gasteiger partial charge in [-0.2, -0.15) is 9.97 Å². The summed E-state index contributed by atoms with van der Waals surface area (Å²) in [5.41, 5.74) is 6.83. The number of pyridine rings is 1. The third kappa shape index (κ3) is 3.58. The number of fused-ring (bicyclic) bond motifs is 9. The molecule has 0 aliphatic rings. The van der Waals surface area contributed by atoms with Crippen molar-refractivity contribution >= 4 is 65.7 Å². The summed E-state index contributed by atoms with van der Waals surface area (Å²) >= 11 is 0. The summed E-state index contributed by atoms with van der Waals surface area (Å²) in [5, 5.41) is 6.44. The van der Waals surface area contributed by atoms with Gasteiger partial charge in [0.05, 0.1) is 17.2 Å². The molecule has 0 amide bonds. The molecule has 45 heavy (non-hydrogen) atoms. The SMILES string of the molecule is c1ccc2c(c1)oc1cc(-c3nc(-c4ccc5c(c4)oc4cnccc45)nc(-n4c5ccccc5c5ccccc54)n3)ccc12. The van der Waals surface area contributed by atoms with Crippen LogP contribution in [0.25, 0.3) is 94.4 Å². The van der Waals surface area contributed by atoms with Crippen molar-refractivity contribution in [1.82, 2.24) is 24.5 Å². The van der Waals surface area contributed by atoms with E-state index in [4.69, 9.17) is 23.8 Å². The quantitative estimate of drug-likeness (QED) is 0.207. The molecule has 0 saturated carbocycles. The summed E-state index contributed by atoms with van der Waals surface area (Å²) in [6, 6.07) is 39.0. The zero-order valence-corrected chi connectivity index (χ0v) is 23.7. The van der Waals surface area contributed by atoms with Gasteiger partial charge in [0.25, 0.3) is 0 Å². The van der Waals surface area contributed by atoms with Crippen LogP contribution in [0.4, 0.5) is 0 Å². The molecule has 0 fully saturated rings. The monoisotopic (exact) mass is 579 g/mol. The van der Waals surface area contributed by atoms with Crippen LogP contribution in [0.2, 0.25) is 0 Å². The summed E-state index contributed by atoms with van der Waals surface area (Å²) in [4.78, 5) is 19.4. The number of aromatic nitrogens is 5. The number of para-hydroxylation sites is 3. The van der Waals surface area contributed by atoms with Gasteiger partial charge >= 0.3 is 0 Å². The van der Waals surface area contributed by atoms with E-state index in [-0.39, 0.29) is 0 Å². The number of nitrogens with zero attached hydrogens (tertiary/aromatic N) is 5. The van der Waals surface area contributed by atoms with Gasteiger partial charge in [-0.25, -0.2) is 4.98 Å². The average Bonchev–Trinajstić information content (AvgIpc) is 3.77. The molecule has 0 unspecified atom stereocenters. The second-order valence-electron chi connectivity index (χ2n) is 11.1. The number of hydrogen-bond acceptors (Lipinski definition) is 6. The second-order valence-corrected chi connectivity index (χ2v) is 11.1. The molecule has 5 heterocycles. The lowest BCUT2D eigenvalue weighted by atomic mass is 10.1. The van der Waals surface area contributed by atoms with Crippen molar-refractivity contribution in [2.75, 3.05) is 0 Å². The summed E-state index contributed by atoms with van der Waals surface area (Å²) in [6.07, 6.45) is 3.52. The van der Waals surface area contributed by atoms with Crippen LogP contribution in [0, 0.1) is 0 Å². The van der Waals surface area contributed by atoms with Crippen LogP contribution in [-0.4, -0.2) is 24.5 Å². The van der Waals surface area contributed by atoms with E-state index in [9.17, 15) is 0 Å². The highest BCUT2D eigenvalue weighted by atomic mass is 16.3. The summed E-state index contributed by atoms with van der Waals surface area (Å²) in [5.74, 6) is 1.63. The molecule has 210 valence electrons. The van der Waals surface area contributed by atoms with Gasteiger partial charge in [-0.05, 0) is 48.5 Å². The Labute approximate surface area is 255 Å². The molecule has 0 N–H and O–H groups in total. The second kappa shape index (κ2) is 9.08. The minimum Gasteiger partial charge on any atom is -0.456 e. The Hall–Kier alpha value is -6.34. The van der Waals surface area contributed by atoms with Crippen LogP contribution in [0.5, 0.6) is 0 Å². The van der Waals surface area contributed by atoms with Crippen molar-refractivity contribution in [3.05, 3.63) is 128 Å². The maximum atomic E-state index is 6.23. The van der Waals surface area contributed by atoms with Gasteiger partial charge in [-0.15, -0.1) is 0 Å². The Morgan fingerprint density at radius 2 is 0.978 bits per heavy atom. The molecular formula is C38H21N5O2. The zero-order valence-electron chi connectivity index (χ0n) is 23.7. The minimum absolute atomic E-state index is 0.533. The first-order valence-electron chi connectivity index (χ1n) is 14.7. The normalized spacial score (nSPS) is 12.0. The first kappa shape index (κ1) is 24.1. The number of hydrogen-bond donors (Lipinski definition) is 0. The highest BCUT2D eigenvalue weighted by Gasteiger charge is 2.19. The van der Waals surface area contributed by atoms with E-state index in [2.05, 4.69) is 70.2 Å². The topological polar surface area (TPSA) is 82.8 Å². The Morgan fingerprint density at radius 3 is 1.64 bits per heavy atom. The summed E-state index contributed by atoms with van der Waals surface area (Å²) in [7, 11) is 0. The van der Waals surface area contributed by atoms with Crippen molar-refractivity contribution in [2.45, 2.75) is 0 Å². The van der Waals surface area contributed by atoms with Crippen molar-refractivity contribution in [1.29, 1.82) is 0 Å². The van der Waals surface area contributed by atoms with E-state index in [1.807, 2.05) is 54.6 Å². The molecule has 0 aliphatic heterocycles. The van der Waals surface area contributed by atoms with Crippen LogP contribution in [0.3, 0.4) is 0 Å². The standard InChI is InChI=1S/C38H21N5O2/c1-4-10-30-24(7-1)25-8-2-5-11-31(25)43(30)38-41-36(22-13-15-27-26-9-3-6-12-32(26)44-33(27)19-22)40-37(42-38)23-14-16-28-29-17-18-39-21-35(29)45-34(28)20-23/h1-21H. The number of benzene rings is 5. The Morgan fingerprint density at radius 1 is 0.444 bits per heavy atom. The van der Waals surface area contributed by atoms with Gasteiger partial charge in [-0.3, -0.25) is 9.55 Å². The maximum Gasteiger partial charge on any atom is 0.238 e. The molecule has 5 aromatic heterocycles. The smallest absolute Gasteiger partial charge is 0.238 e. The molecule has 0 atom stereocenters. The van der Waals surface area contributed by atoms with Crippen LogP contribution in [-0.2, 0) is 0 Å². The summed E-state index contributed by atoms with van der Waals surface area (Å²) < 4.78 is 14.5. The molecule has 0 aliphatic carbocycles. The molecule has 7 nitrogen and oxygen atoms in total. The average molecular weight is 580 g/mol. The van der Waals surface area contributed by atoms with Gasteiger partial charge in [0.15, 0.2) is 17.2 Å².